The topological polar surface area (TPSA) is 112 Å². The van der Waals surface area contributed by atoms with E-state index in [0.29, 0.717) is 17.9 Å². The zero-order valence-corrected chi connectivity index (χ0v) is 22.9. The van der Waals surface area contributed by atoms with E-state index in [4.69, 9.17) is 14.2 Å². The number of ether oxygens (including phenoxy) is 3. The number of para-hydroxylation sites is 1. The lowest BCUT2D eigenvalue weighted by molar-refractivity contribution is -0.124. The van der Waals surface area contributed by atoms with Crippen molar-refractivity contribution in [1.29, 1.82) is 0 Å². The van der Waals surface area contributed by atoms with Crippen LogP contribution in [-0.4, -0.2) is 38.9 Å². The van der Waals surface area contributed by atoms with Gasteiger partial charge in [-0.2, -0.15) is 5.10 Å². The van der Waals surface area contributed by atoms with Crippen LogP contribution in [-0.2, 0) is 29.3 Å². The molecule has 1 saturated carbocycles. The number of nitrogens with zero attached hydrogens (tertiary/aromatic N) is 2. The van der Waals surface area contributed by atoms with Crippen LogP contribution in [0.1, 0.15) is 47.3 Å². The van der Waals surface area contributed by atoms with Crippen molar-refractivity contribution in [2.45, 2.75) is 57.6 Å². The molecule has 1 fully saturated rings. The highest BCUT2D eigenvalue weighted by Gasteiger charge is 2.28. The first-order valence-electron chi connectivity index (χ1n) is 13.8. The smallest absolute Gasteiger partial charge is 0.356 e. The Morgan fingerprint density at radius 3 is 2.50 bits per heavy atom. The molecule has 1 aliphatic carbocycles. The summed E-state index contributed by atoms with van der Waals surface area (Å²) in [6.07, 6.45) is 3.52. The van der Waals surface area contributed by atoms with Gasteiger partial charge in [0.25, 0.3) is 0 Å². The van der Waals surface area contributed by atoms with E-state index in [1.54, 1.807) is 36.4 Å². The highest BCUT2D eigenvalue weighted by atomic mass is 19.1. The van der Waals surface area contributed by atoms with Crippen molar-refractivity contribution in [3.8, 4) is 17.4 Å². The van der Waals surface area contributed by atoms with Crippen molar-refractivity contribution < 1.29 is 33.3 Å². The average Bonchev–Trinajstić information content (AvgIpc) is 3.40. The number of aromatic nitrogens is 2. The molecule has 3 aromatic carbocycles. The molecule has 0 aliphatic heterocycles. The SMILES string of the molecule is O=C(Cn1nc(C(=O)O)cc1OCc1cccc(Oc2ccccc2F)c1)NC1CCCCC1OCc1ccccc1. The molecule has 2 N–H and O–H groups in total. The number of halogens is 1. The molecule has 2 unspecified atom stereocenters. The third-order valence-electron chi connectivity index (χ3n) is 6.96. The van der Waals surface area contributed by atoms with E-state index in [9.17, 15) is 19.1 Å². The molecule has 1 heterocycles. The molecule has 4 aromatic rings. The number of nitrogens with one attached hydrogen (secondary N) is 1. The van der Waals surface area contributed by atoms with Gasteiger partial charge in [0.15, 0.2) is 17.3 Å². The fourth-order valence-electron chi connectivity index (χ4n) is 4.87. The summed E-state index contributed by atoms with van der Waals surface area (Å²) < 4.78 is 32.9. The molecule has 0 bridgehead atoms. The first-order valence-corrected chi connectivity index (χ1v) is 13.8. The van der Waals surface area contributed by atoms with Crippen LogP contribution in [0.3, 0.4) is 0 Å². The number of hydrogen-bond acceptors (Lipinski definition) is 6. The lowest BCUT2D eigenvalue weighted by atomic mass is 9.92. The minimum absolute atomic E-state index is 0.0405. The lowest BCUT2D eigenvalue weighted by Crippen LogP contribution is -2.47. The zero-order chi connectivity index (χ0) is 29.3. The largest absolute Gasteiger partial charge is 0.476 e. The molecule has 9 nitrogen and oxygen atoms in total. The molecule has 10 heteroatoms. The number of aromatic carboxylic acids is 1. The molecule has 0 saturated heterocycles. The van der Waals surface area contributed by atoms with E-state index < -0.39 is 11.8 Å². The molecule has 1 amide bonds. The normalized spacial score (nSPS) is 16.5. The van der Waals surface area contributed by atoms with Crippen molar-refractivity contribution in [2.75, 3.05) is 0 Å². The standard InChI is InChI=1S/C32H32FN3O6/c33-25-13-4-6-15-28(25)42-24-12-8-11-23(17-24)21-41-31-18-27(32(38)39)35-36(31)19-30(37)34-26-14-5-7-16-29(26)40-20-22-9-2-1-3-10-22/h1-4,6,8-13,15,17-18,26,29H,5,7,14,16,19-21H2,(H,34,37)(H,38,39). The molecule has 0 spiro atoms. The molecular weight excluding hydrogens is 541 g/mol. The summed E-state index contributed by atoms with van der Waals surface area (Å²) in [4.78, 5) is 24.7. The van der Waals surface area contributed by atoms with E-state index in [0.717, 1.165) is 31.2 Å². The maximum absolute atomic E-state index is 14.0. The Hall–Kier alpha value is -4.70. The summed E-state index contributed by atoms with van der Waals surface area (Å²) in [6, 6.07) is 24.0. The van der Waals surface area contributed by atoms with Crippen LogP contribution >= 0.6 is 0 Å². The summed E-state index contributed by atoms with van der Waals surface area (Å²) in [5.41, 5.74) is 1.52. The molecular formula is C32H32FN3O6. The average molecular weight is 574 g/mol. The summed E-state index contributed by atoms with van der Waals surface area (Å²) in [5.74, 6) is -1.40. The predicted molar refractivity (Wildman–Crippen MR) is 152 cm³/mol. The fraction of sp³-hybridized carbons (Fsp3) is 0.281. The molecule has 1 aromatic heterocycles. The van der Waals surface area contributed by atoms with Gasteiger partial charge < -0.3 is 24.6 Å². The Balaban J connectivity index is 1.21. The van der Waals surface area contributed by atoms with E-state index in [1.165, 1.54) is 22.9 Å². The van der Waals surface area contributed by atoms with Crippen molar-refractivity contribution in [3.05, 3.63) is 108 Å². The highest BCUT2D eigenvalue weighted by Crippen LogP contribution is 2.26. The number of carboxylic acid groups (broad SMARTS) is 1. The van der Waals surface area contributed by atoms with Gasteiger partial charge in [0.1, 0.15) is 18.9 Å². The second kappa shape index (κ2) is 13.8. The monoisotopic (exact) mass is 573 g/mol. The minimum Gasteiger partial charge on any atom is -0.476 e. The first-order chi connectivity index (χ1) is 20.4. The molecule has 5 rings (SSSR count). The Kier molecular flexibility index (Phi) is 9.45. The number of amides is 1. The highest BCUT2D eigenvalue weighted by molar-refractivity contribution is 5.85. The molecule has 0 radical (unpaired) electrons. The van der Waals surface area contributed by atoms with Crippen LogP contribution in [0, 0.1) is 5.82 Å². The van der Waals surface area contributed by atoms with Crippen LogP contribution in [0.2, 0.25) is 0 Å². The minimum atomic E-state index is -1.24. The predicted octanol–water partition coefficient (Wildman–Crippen LogP) is 5.74. The van der Waals surface area contributed by atoms with Crippen molar-refractivity contribution >= 4 is 11.9 Å². The van der Waals surface area contributed by atoms with Gasteiger partial charge in [0.05, 0.1) is 18.8 Å². The summed E-state index contributed by atoms with van der Waals surface area (Å²) in [6.45, 7) is 0.281. The van der Waals surface area contributed by atoms with Gasteiger partial charge in [-0.3, -0.25) is 4.79 Å². The van der Waals surface area contributed by atoms with E-state index >= 15 is 0 Å². The number of rotatable bonds is 12. The fourth-order valence-corrected chi connectivity index (χ4v) is 4.87. The van der Waals surface area contributed by atoms with Gasteiger partial charge >= 0.3 is 5.97 Å². The summed E-state index contributed by atoms with van der Waals surface area (Å²) in [5, 5.41) is 16.6. The van der Waals surface area contributed by atoms with Crippen LogP contribution in [0.5, 0.6) is 17.4 Å². The van der Waals surface area contributed by atoms with Gasteiger partial charge in [-0.25, -0.2) is 13.9 Å². The Labute approximate surface area is 242 Å². The van der Waals surface area contributed by atoms with E-state index in [-0.39, 0.29) is 48.5 Å². The van der Waals surface area contributed by atoms with Gasteiger partial charge in [-0.05, 0) is 48.2 Å². The number of carbonyl (C=O) groups excluding carboxylic acids is 1. The third kappa shape index (κ3) is 7.73. The second-order valence-electron chi connectivity index (χ2n) is 10.1. The quantitative estimate of drug-likeness (QED) is 0.222. The first kappa shape index (κ1) is 28.8. The Morgan fingerprint density at radius 2 is 1.69 bits per heavy atom. The van der Waals surface area contributed by atoms with Crippen LogP contribution in [0.4, 0.5) is 4.39 Å². The Morgan fingerprint density at radius 1 is 0.929 bits per heavy atom. The Bertz CT molecular complexity index is 1510. The van der Waals surface area contributed by atoms with Gasteiger partial charge in [-0.1, -0.05) is 67.4 Å². The van der Waals surface area contributed by atoms with Crippen molar-refractivity contribution in [3.63, 3.8) is 0 Å². The molecule has 2 atom stereocenters. The number of carbonyl (C=O) groups is 2. The maximum atomic E-state index is 14.0. The van der Waals surface area contributed by atoms with E-state index in [1.807, 2.05) is 30.3 Å². The summed E-state index contributed by atoms with van der Waals surface area (Å²) >= 11 is 0. The van der Waals surface area contributed by atoms with Crippen LogP contribution in [0.15, 0.2) is 84.9 Å². The second-order valence-corrected chi connectivity index (χ2v) is 10.1. The number of benzene rings is 3. The van der Waals surface area contributed by atoms with Crippen LogP contribution < -0.4 is 14.8 Å². The lowest BCUT2D eigenvalue weighted by Gasteiger charge is -2.32. The van der Waals surface area contributed by atoms with Crippen molar-refractivity contribution in [1.82, 2.24) is 15.1 Å². The van der Waals surface area contributed by atoms with Crippen LogP contribution in [0.25, 0.3) is 0 Å². The van der Waals surface area contributed by atoms with E-state index in [2.05, 4.69) is 10.4 Å². The third-order valence-corrected chi connectivity index (χ3v) is 6.96. The number of carboxylic acids is 1. The molecule has 42 heavy (non-hydrogen) atoms. The maximum Gasteiger partial charge on any atom is 0.356 e. The van der Waals surface area contributed by atoms with Gasteiger partial charge in [0, 0.05) is 6.07 Å². The summed E-state index contributed by atoms with van der Waals surface area (Å²) in [7, 11) is 0. The zero-order valence-electron chi connectivity index (χ0n) is 22.9. The van der Waals surface area contributed by atoms with Gasteiger partial charge in [-0.15, -0.1) is 0 Å². The van der Waals surface area contributed by atoms with Crippen molar-refractivity contribution in [2.24, 2.45) is 0 Å². The number of hydrogen-bond donors (Lipinski definition) is 2. The molecule has 1 aliphatic rings. The molecule has 218 valence electrons. The van der Waals surface area contributed by atoms with Gasteiger partial charge in [0.2, 0.25) is 11.8 Å².